The molecule has 1 aromatic heterocycles. The average molecular weight is 250 g/mol. The molecule has 0 aliphatic carbocycles. The van der Waals surface area contributed by atoms with Crippen molar-refractivity contribution >= 4 is 12.0 Å². The highest BCUT2D eigenvalue weighted by Crippen LogP contribution is 2.05. The molecule has 0 saturated heterocycles. The van der Waals surface area contributed by atoms with Crippen molar-refractivity contribution in [1.29, 1.82) is 0 Å². The second-order valence-corrected chi connectivity index (χ2v) is 3.62. The quantitative estimate of drug-likeness (QED) is 0.758. The molecule has 6 nitrogen and oxygen atoms in total. The van der Waals surface area contributed by atoms with Gasteiger partial charge in [0.1, 0.15) is 18.1 Å². The largest absolute Gasteiger partial charge is 0.480 e. The molecule has 0 spiro atoms. The third-order valence-electron chi connectivity index (χ3n) is 2.11. The number of carboxylic acids is 1. The maximum Gasteiger partial charge on any atom is 0.323 e. The lowest BCUT2D eigenvalue weighted by Gasteiger charge is -2.18. The first kappa shape index (κ1) is 13.6. The van der Waals surface area contributed by atoms with Crippen LogP contribution in [0.3, 0.4) is 0 Å². The van der Waals surface area contributed by atoms with Gasteiger partial charge in [-0.2, -0.15) is 0 Å². The lowest BCUT2D eigenvalue weighted by molar-refractivity contribution is -0.137. The summed E-state index contributed by atoms with van der Waals surface area (Å²) in [6, 6.07) is 2.97. The Labute approximate surface area is 105 Å². The fraction of sp³-hybridized carbons (Fsp3) is 0.333. The molecule has 0 radical (unpaired) electrons. The van der Waals surface area contributed by atoms with Crippen molar-refractivity contribution < 1.29 is 19.1 Å². The van der Waals surface area contributed by atoms with Gasteiger partial charge in [0, 0.05) is 0 Å². The first-order valence-electron chi connectivity index (χ1n) is 5.26. The van der Waals surface area contributed by atoms with E-state index in [1.807, 2.05) is 0 Å². The van der Waals surface area contributed by atoms with Crippen molar-refractivity contribution in [3.8, 4) is 12.3 Å². The molecule has 6 heteroatoms. The molecule has 0 aliphatic heterocycles. The first-order valence-corrected chi connectivity index (χ1v) is 5.26. The van der Waals surface area contributed by atoms with Gasteiger partial charge in [-0.05, 0) is 19.1 Å². The maximum atomic E-state index is 11.7. The Morgan fingerprint density at radius 2 is 2.28 bits per heavy atom. The van der Waals surface area contributed by atoms with E-state index >= 15 is 0 Å². The van der Waals surface area contributed by atoms with E-state index in [0.29, 0.717) is 5.76 Å². The van der Waals surface area contributed by atoms with Crippen LogP contribution in [-0.4, -0.2) is 35.1 Å². The number of carbonyl (C=O) groups is 2. The third kappa shape index (κ3) is 4.22. The van der Waals surface area contributed by atoms with Crippen LogP contribution in [0.2, 0.25) is 0 Å². The summed E-state index contributed by atoms with van der Waals surface area (Å²) in [6.07, 6.45) is 5.07. The second kappa shape index (κ2) is 6.35. The van der Waals surface area contributed by atoms with Gasteiger partial charge in [-0.3, -0.25) is 4.79 Å². The van der Waals surface area contributed by atoms with Gasteiger partial charge in [0.05, 0.1) is 13.1 Å². The van der Waals surface area contributed by atoms with Crippen molar-refractivity contribution in [3.63, 3.8) is 0 Å². The normalized spacial score (nSPS) is 9.56. The molecule has 0 bridgehead atoms. The lowest BCUT2D eigenvalue weighted by Crippen LogP contribution is -2.42. The lowest BCUT2D eigenvalue weighted by atomic mass is 10.4. The Kier molecular flexibility index (Phi) is 4.81. The van der Waals surface area contributed by atoms with Crippen molar-refractivity contribution in [2.45, 2.75) is 13.5 Å². The molecule has 2 amide bonds. The van der Waals surface area contributed by atoms with Crippen LogP contribution in [-0.2, 0) is 11.3 Å². The van der Waals surface area contributed by atoms with Gasteiger partial charge in [-0.25, -0.2) is 4.79 Å². The standard InChI is InChI=1S/C12H14N2O4/c1-3-6-14(8-11(15)16)12(17)13-7-10-5-4-9(2)18-10/h1,4-5H,6-8H2,2H3,(H,13,17)(H,15,16). The fourth-order valence-electron chi connectivity index (χ4n) is 1.33. The molecule has 1 aromatic rings. The molecular weight excluding hydrogens is 236 g/mol. The molecule has 18 heavy (non-hydrogen) atoms. The van der Waals surface area contributed by atoms with Crippen molar-refractivity contribution in [3.05, 3.63) is 23.7 Å². The van der Waals surface area contributed by atoms with Crippen molar-refractivity contribution in [2.75, 3.05) is 13.1 Å². The molecule has 1 rings (SSSR count). The Bertz CT molecular complexity index is 473. The number of amides is 2. The minimum Gasteiger partial charge on any atom is -0.480 e. The van der Waals surface area contributed by atoms with Gasteiger partial charge < -0.3 is 19.7 Å². The summed E-state index contributed by atoms with van der Waals surface area (Å²) >= 11 is 0. The Balaban J connectivity index is 2.51. The van der Waals surface area contributed by atoms with Crippen molar-refractivity contribution in [2.24, 2.45) is 0 Å². The zero-order chi connectivity index (χ0) is 13.5. The molecule has 0 fully saturated rings. The van der Waals surface area contributed by atoms with Crippen LogP contribution in [0, 0.1) is 19.3 Å². The van der Waals surface area contributed by atoms with E-state index in [2.05, 4.69) is 11.2 Å². The number of urea groups is 1. The van der Waals surface area contributed by atoms with Crippen LogP contribution < -0.4 is 5.32 Å². The van der Waals surface area contributed by atoms with Gasteiger partial charge in [0.15, 0.2) is 0 Å². The summed E-state index contributed by atoms with van der Waals surface area (Å²) in [4.78, 5) is 23.2. The van der Waals surface area contributed by atoms with E-state index in [4.69, 9.17) is 15.9 Å². The van der Waals surface area contributed by atoms with Crippen LogP contribution >= 0.6 is 0 Å². The molecule has 0 saturated carbocycles. The number of nitrogens with one attached hydrogen (secondary N) is 1. The predicted octanol–water partition coefficient (Wildman–Crippen LogP) is 0.817. The number of carbonyl (C=O) groups excluding carboxylic acids is 1. The zero-order valence-corrected chi connectivity index (χ0v) is 9.97. The molecule has 0 aliphatic rings. The van der Waals surface area contributed by atoms with Gasteiger partial charge >= 0.3 is 12.0 Å². The van der Waals surface area contributed by atoms with Gasteiger partial charge in [0.25, 0.3) is 0 Å². The summed E-state index contributed by atoms with van der Waals surface area (Å²) in [6.45, 7) is 1.48. The highest BCUT2D eigenvalue weighted by atomic mass is 16.4. The van der Waals surface area contributed by atoms with E-state index in [0.717, 1.165) is 10.7 Å². The Morgan fingerprint density at radius 3 is 2.78 bits per heavy atom. The molecule has 96 valence electrons. The zero-order valence-electron chi connectivity index (χ0n) is 9.97. The number of aliphatic carboxylic acids is 1. The van der Waals surface area contributed by atoms with E-state index in [1.54, 1.807) is 19.1 Å². The predicted molar refractivity (Wildman–Crippen MR) is 63.7 cm³/mol. The molecule has 0 unspecified atom stereocenters. The summed E-state index contributed by atoms with van der Waals surface area (Å²) in [5, 5.41) is 11.2. The third-order valence-corrected chi connectivity index (χ3v) is 2.11. The molecule has 1 heterocycles. The second-order valence-electron chi connectivity index (χ2n) is 3.62. The number of furan rings is 1. The minimum atomic E-state index is -1.12. The fourth-order valence-corrected chi connectivity index (χ4v) is 1.33. The summed E-state index contributed by atoms with van der Waals surface area (Å²) in [5.74, 6) is 2.45. The number of aryl methyl sites for hydroxylation is 1. The molecular formula is C12H14N2O4. The highest BCUT2D eigenvalue weighted by Gasteiger charge is 2.15. The van der Waals surface area contributed by atoms with Crippen LogP contribution in [0.5, 0.6) is 0 Å². The summed E-state index contributed by atoms with van der Waals surface area (Å²) < 4.78 is 5.26. The maximum absolute atomic E-state index is 11.7. The highest BCUT2D eigenvalue weighted by molar-refractivity contribution is 5.80. The molecule has 0 aromatic carbocycles. The van der Waals surface area contributed by atoms with E-state index < -0.39 is 18.5 Å². The number of carboxylic acid groups (broad SMARTS) is 1. The smallest absolute Gasteiger partial charge is 0.323 e. The number of rotatable bonds is 5. The van der Waals surface area contributed by atoms with Gasteiger partial charge in [-0.1, -0.05) is 5.92 Å². The number of nitrogens with zero attached hydrogens (tertiary/aromatic N) is 1. The van der Waals surface area contributed by atoms with Gasteiger partial charge in [-0.15, -0.1) is 6.42 Å². The summed E-state index contributed by atoms with van der Waals surface area (Å²) in [7, 11) is 0. The van der Waals surface area contributed by atoms with Crippen LogP contribution in [0.25, 0.3) is 0 Å². The minimum absolute atomic E-state index is 0.0602. The Hall–Kier alpha value is -2.42. The summed E-state index contributed by atoms with van der Waals surface area (Å²) in [5.41, 5.74) is 0. The first-order chi connectivity index (χ1) is 8.52. The number of hydrogen-bond acceptors (Lipinski definition) is 3. The SMILES string of the molecule is C#CCN(CC(=O)O)C(=O)NCc1ccc(C)o1. The van der Waals surface area contributed by atoms with Crippen LogP contribution in [0.4, 0.5) is 4.79 Å². The van der Waals surface area contributed by atoms with Crippen LogP contribution in [0.1, 0.15) is 11.5 Å². The average Bonchev–Trinajstić information content (AvgIpc) is 2.71. The number of hydrogen-bond donors (Lipinski definition) is 2. The monoisotopic (exact) mass is 250 g/mol. The van der Waals surface area contributed by atoms with E-state index in [-0.39, 0.29) is 13.1 Å². The van der Waals surface area contributed by atoms with Gasteiger partial charge in [0.2, 0.25) is 0 Å². The topological polar surface area (TPSA) is 82.8 Å². The molecule has 2 N–H and O–H groups in total. The number of terminal acetylenes is 1. The van der Waals surface area contributed by atoms with E-state index in [9.17, 15) is 9.59 Å². The Morgan fingerprint density at radius 1 is 1.56 bits per heavy atom. The van der Waals surface area contributed by atoms with E-state index in [1.165, 1.54) is 0 Å². The van der Waals surface area contributed by atoms with Crippen molar-refractivity contribution in [1.82, 2.24) is 10.2 Å². The molecule has 0 atom stereocenters. The van der Waals surface area contributed by atoms with Crippen LogP contribution in [0.15, 0.2) is 16.5 Å².